The summed E-state index contributed by atoms with van der Waals surface area (Å²) in [6.45, 7) is 8.03. The molecule has 210 valence electrons. The zero-order chi connectivity index (χ0) is 28.8. The Morgan fingerprint density at radius 1 is 1.17 bits per heavy atom. The van der Waals surface area contributed by atoms with Gasteiger partial charge in [0.1, 0.15) is 16.6 Å². The number of hydrogen-bond acceptors (Lipinski definition) is 9. The van der Waals surface area contributed by atoms with Crippen molar-refractivity contribution < 1.29 is 23.3 Å². The zero-order valence-electron chi connectivity index (χ0n) is 22.7. The maximum absolute atomic E-state index is 15.4. The van der Waals surface area contributed by atoms with Gasteiger partial charge >= 0.3 is 7.12 Å². The standard InChI is InChI=1S/C29H27BClFN4O5/c1-15-10-19(28-21(11-15)27(37)16(2)29(40-28)36-6-8-39-9-7-36)17(3)34-24-4-5-25(31)35-26(24)20-12-18-14-33-41-30(38)22(18)13-23(20)32/h4-5,10-14,17,34,38H,6-9H2,1-3H3/t17-/m0/s1. The van der Waals surface area contributed by atoms with E-state index in [0.29, 0.717) is 60.0 Å². The van der Waals surface area contributed by atoms with E-state index in [9.17, 15) is 9.82 Å². The highest BCUT2D eigenvalue weighted by atomic mass is 35.5. The molecule has 0 aliphatic carbocycles. The van der Waals surface area contributed by atoms with Crippen LogP contribution in [0.2, 0.25) is 5.15 Å². The fourth-order valence-electron chi connectivity index (χ4n) is 5.33. The average molecular weight is 577 g/mol. The minimum atomic E-state index is -1.36. The van der Waals surface area contributed by atoms with Crippen LogP contribution in [0.3, 0.4) is 0 Å². The van der Waals surface area contributed by atoms with Gasteiger partial charge in [0.25, 0.3) is 0 Å². The summed E-state index contributed by atoms with van der Waals surface area (Å²) in [7, 11) is -1.36. The number of morpholine rings is 1. The van der Waals surface area contributed by atoms with Gasteiger partial charge < -0.3 is 29.1 Å². The Hall–Kier alpha value is -3.93. The third-order valence-corrected chi connectivity index (χ3v) is 7.62. The average Bonchev–Trinajstić information content (AvgIpc) is 2.96. The Bertz CT molecular complexity index is 1760. The summed E-state index contributed by atoms with van der Waals surface area (Å²) in [4.78, 5) is 20.0. The molecule has 1 saturated heterocycles. The Morgan fingerprint density at radius 3 is 2.73 bits per heavy atom. The molecule has 0 unspecified atom stereocenters. The monoisotopic (exact) mass is 576 g/mol. The normalized spacial score (nSPS) is 15.6. The van der Waals surface area contributed by atoms with Crippen LogP contribution in [0.5, 0.6) is 0 Å². The summed E-state index contributed by atoms with van der Waals surface area (Å²) in [6, 6.07) is 9.53. The minimum Gasteiger partial charge on any atom is -0.440 e. The topological polar surface area (TPSA) is 109 Å². The van der Waals surface area contributed by atoms with E-state index in [4.69, 9.17) is 25.5 Å². The van der Waals surface area contributed by atoms with Crippen LogP contribution in [0, 0.1) is 19.7 Å². The molecule has 9 nitrogen and oxygen atoms in total. The molecule has 0 radical (unpaired) electrons. The van der Waals surface area contributed by atoms with Gasteiger partial charge in [0.15, 0.2) is 5.43 Å². The van der Waals surface area contributed by atoms with Crippen molar-refractivity contribution in [3.05, 3.63) is 79.8 Å². The van der Waals surface area contributed by atoms with Gasteiger partial charge in [-0.2, -0.15) is 0 Å². The van der Waals surface area contributed by atoms with Gasteiger partial charge in [0, 0.05) is 29.7 Å². The summed E-state index contributed by atoms with van der Waals surface area (Å²) >= 11 is 6.25. The molecule has 0 amide bonds. The number of aryl methyl sites for hydroxylation is 1. The molecule has 4 aromatic rings. The van der Waals surface area contributed by atoms with E-state index in [1.165, 1.54) is 12.3 Å². The fraction of sp³-hybridized carbons (Fsp3) is 0.276. The number of ether oxygens (including phenoxy) is 1. The number of benzene rings is 2. The first-order valence-corrected chi connectivity index (χ1v) is 13.6. The van der Waals surface area contributed by atoms with Crippen molar-refractivity contribution >= 4 is 52.9 Å². The molecule has 0 spiro atoms. The molecule has 2 aromatic heterocycles. The number of nitrogens with zero attached hydrogens (tertiary/aromatic N) is 3. The van der Waals surface area contributed by atoms with Crippen LogP contribution in [0.1, 0.15) is 35.2 Å². The molecular formula is C29H27BClFN4O5. The summed E-state index contributed by atoms with van der Waals surface area (Å²) in [5, 5.41) is 17.8. The second-order valence-corrected chi connectivity index (χ2v) is 10.6. The number of rotatable bonds is 5. The Morgan fingerprint density at radius 2 is 1.95 bits per heavy atom. The van der Waals surface area contributed by atoms with E-state index >= 15 is 4.39 Å². The Balaban J connectivity index is 1.44. The second-order valence-electron chi connectivity index (χ2n) is 10.2. The molecule has 0 bridgehead atoms. The van der Waals surface area contributed by atoms with Crippen LogP contribution in [0.25, 0.3) is 22.2 Å². The Labute approximate surface area is 240 Å². The molecule has 1 atom stereocenters. The largest absolute Gasteiger partial charge is 0.583 e. The minimum absolute atomic E-state index is 0.0808. The highest BCUT2D eigenvalue weighted by Crippen LogP contribution is 2.35. The molecule has 2 aromatic carbocycles. The van der Waals surface area contributed by atoms with E-state index in [2.05, 4.69) is 15.5 Å². The van der Waals surface area contributed by atoms with Gasteiger partial charge in [-0.1, -0.05) is 17.7 Å². The Kier molecular flexibility index (Phi) is 7.19. The van der Waals surface area contributed by atoms with Gasteiger partial charge in [0.05, 0.1) is 47.8 Å². The molecule has 12 heteroatoms. The molecule has 0 saturated carbocycles. The van der Waals surface area contributed by atoms with Crippen molar-refractivity contribution in [2.45, 2.75) is 26.8 Å². The molecule has 4 heterocycles. The lowest BCUT2D eigenvalue weighted by atomic mass is 9.75. The van der Waals surface area contributed by atoms with E-state index < -0.39 is 12.9 Å². The number of aromatic nitrogens is 1. The lowest BCUT2D eigenvalue weighted by Gasteiger charge is -2.29. The summed E-state index contributed by atoms with van der Waals surface area (Å²) < 4.78 is 32.2. The highest BCUT2D eigenvalue weighted by Gasteiger charge is 2.28. The maximum atomic E-state index is 15.4. The predicted octanol–water partition coefficient (Wildman–Crippen LogP) is 4.33. The summed E-state index contributed by atoms with van der Waals surface area (Å²) in [5.41, 5.74) is 4.37. The smallest absolute Gasteiger partial charge is 0.440 e. The third kappa shape index (κ3) is 5.05. The van der Waals surface area contributed by atoms with Crippen molar-refractivity contribution in [2.24, 2.45) is 5.16 Å². The van der Waals surface area contributed by atoms with Crippen molar-refractivity contribution in [1.29, 1.82) is 0 Å². The molecule has 2 aliphatic heterocycles. The van der Waals surface area contributed by atoms with Crippen LogP contribution < -0.4 is 21.1 Å². The van der Waals surface area contributed by atoms with Crippen molar-refractivity contribution in [3.8, 4) is 11.3 Å². The van der Waals surface area contributed by atoms with Crippen LogP contribution in [-0.2, 0) is 9.49 Å². The van der Waals surface area contributed by atoms with Crippen molar-refractivity contribution in [2.75, 3.05) is 36.5 Å². The number of nitrogens with one attached hydrogen (secondary N) is 1. The number of anilines is 2. The van der Waals surface area contributed by atoms with Gasteiger partial charge in [0.2, 0.25) is 5.88 Å². The predicted molar refractivity (Wildman–Crippen MR) is 158 cm³/mol. The SMILES string of the molecule is Cc1cc([C@H](C)Nc2ccc(Cl)nc2-c2cc3c(cc2F)B(O)ON=C3)c2oc(N3CCOCC3)c(C)c(=O)c2c1. The van der Waals surface area contributed by atoms with E-state index in [1.807, 2.05) is 30.9 Å². The van der Waals surface area contributed by atoms with Crippen LogP contribution in [0.4, 0.5) is 16.0 Å². The first-order chi connectivity index (χ1) is 19.7. The lowest BCUT2D eigenvalue weighted by Crippen LogP contribution is -2.38. The first kappa shape index (κ1) is 27.3. The van der Waals surface area contributed by atoms with Crippen molar-refractivity contribution in [3.63, 3.8) is 0 Å². The van der Waals surface area contributed by atoms with Gasteiger partial charge in [-0.25, -0.2) is 9.37 Å². The number of hydrogen-bond donors (Lipinski definition) is 2. The molecule has 6 rings (SSSR count). The van der Waals surface area contributed by atoms with Crippen LogP contribution in [-0.4, -0.2) is 49.6 Å². The lowest BCUT2D eigenvalue weighted by molar-refractivity contribution is 0.120. The quantitative estimate of drug-likeness (QED) is 0.267. The van der Waals surface area contributed by atoms with Crippen LogP contribution >= 0.6 is 11.6 Å². The third-order valence-electron chi connectivity index (χ3n) is 7.41. The molecule has 2 N–H and O–H groups in total. The highest BCUT2D eigenvalue weighted by molar-refractivity contribution is 6.62. The van der Waals surface area contributed by atoms with Crippen molar-refractivity contribution in [1.82, 2.24) is 4.98 Å². The molecular weight excluding hydrogens is 550 g/mol. The van der Waals surface area contributed by atoms with Gasteiger partial charge in [-0.05, 0) is 62.2 Å². The van der Waals surface area contributed by atoms with Gasteiger partial charge in [-0.15, -0.1) is 5.16 Å². The molecule has 1 fully saturated rings. The molecule has 2 aliphatic rings. The summed E-state index contributed by atoms with van der Waals surface area (Å²) in [5.74, 6) is -0.0642. The number of halogens is 2. The second kappa shape index (κ2) is 10.8. The van der Waals surface area contributed by atoms with Gasteiger partial charge in [-0.3, -0.25) is 4.79 Å². The number of oxime groups is 1. The molecule has 41 heavy (non-hydrogen) atoms. The van der Waals surface area contributed by atoms with E-state index in [1.54, 1.807) is 25.1 Å². The van der Waals surface area contributed by atoms with Crippen LogP contribution in [0.15, 0.2) is 50.8 Å². The zero-order valence-corrected chi connectivity index (χ0v) is 23.5. The van der Waals surface area contributed by atoms with E-state index in [0.717, 1.165) is 11.1 Å². The fourth-order valence-corrected chi connectivity index (χ4v) is 5.48. The number of pyridine rings is 1. The summed E-state index contributed by atoms with van der Waals surface area (Å²) in [6.07, 6.45) is 1.40. The maximum Gasteiger partial charge on any atom is 0.583 e. The number of fused-ring (bicyclic) bond motifs is 2. The van der Waals surface area contributed by atoms with E-state index in [-0.39, 0.29) is 33.3 Å². The first-order valence-electron chi connectivity index (χ1n) is 13.3.